The van der Waals surface area contributed by atoms with Crippen LogP contribution in [0.3, 0.4) is 0 Å². The molecule has 0 bridgehead atoms. The van der Waals surface area contributed by atoms with Crippen molar-refractivity contribution >= 4 is 29.5 Å². The number of unbranched alkanes of at least 4 members (excludes halogenated alkanes) is 3. The summed E-state index contributed by atoms with van der Waals surface area (Å²) in [5.74, 6) is -4.04. The number of phenols is 1. The van der Waals surface area contributed by atoms with E-state index in [1.54, 1.807) is 6.92 Å². The molecule has 1 aliphatic heterocycles. The smallest absolute Gasteiger partial charge is 0.332 e. The Hall–Kier alpha value is -3.30. The summed E-state index contributed by atoms with van der Waals surface area (Å²) >= 11 is 0. The number of aromatic hydroxyl groups is 1. The highest BCUT2D eigenvalue weighted by Gasteiger charge is 2.43. The first-order chi connectivity index (χ1) is 17.1. The number of rotatable bonds is 10. The number of nitrogen functional groups attached to an aromatic ring is 1. The highest BCUT2D eigenvalue weighted by Crippen LogP contribution is 2.28. The van der Waals surface area contributed by atoms with E-state index in [0.717, 1.165) is 19.3 Å². The fraction of sp³-hybridized carbons (Fsp3) is 0.615. The number of esters is 3. The summed E-state index contributed by atoms with van der Waals surface area (Å²) in [5.41, 5.74) is 5.52. The van der Waals surface area contributed by atoms with Gasteiger partial charge < -0.3 is 30.4 Å². The number of hydrogen-bond acceptors (Lipinski definition) is 9. The van der Waals surface area contributed by atoms with Crippen molar-refractivity contribution in [3.05, 3.63) is 23.8 Å². The molecule has 4 N–H and O–H groups in total. The molecule has 0 unspecified atom stereocenters. The minimum Gasteiger partial charge on any atom is -0.505 e. The molecule has 0 radical (unpaired) electrons. The first kappa shape index (κ1) is 28.9. The average Bonchev–Trinajstić information content (AvgIpc) is 2.84. The van der Waals surface area contributed by atoms with E-state index in [1.807, 2.05) is 6.92 Å². The van der Waals surface area contributed by atoms with Gasteiger partial charge in [-0.1, -0.05) is 45.6 Å². The Morgan fingerprint density at radius 1 is 1.03 bits per heavy atom. The van der Waals surface area contributed by atoms with Gasteiger partial charge in [-0.3, -0.25) is 14.4 Å². The van der Waals surface area contributed by atoms with Crippen molar-refractivity contribution in [3.63, 3.8) is 0 Å². The largest absolute Gasteiger partial charge is 0.505 e. The van der Waals surface area contributed by atoms with Gasteiger partial charge in [0.05, 0.1) is 17.2 Å². The summed E-state index contributed by atoms with van der Waals surface area (Å²) in [5, 5.41) is 12.6. The number of hydrogen-bond donors (Lipinski definition) is 3. The van der Waals surface area contributed by atoms with Crippen LogP contribution in [0.2, 0.25) is 0 Å². The van der Waals surface area contributed by atoms with Crippen molar-refractivity contribution in [1.82, 2.24) is 5.32 Å². The monoisotopic (exact) mass is 506 g/mol. The number of amides is 1. The van der Waals surface area contributed by atoms with Crippen LogP contribution in [-0.4, -0.2) is 53.3 Å². The second-order valence-corrected chi connectivity index (χ2v) is 9.14. The quantitative estimate of drug-likeness (QED) is 0.143. The molecule has 200 valence electrons. The average molecular weight is 507 g/mol. The molecule has 1 amide bonds. The maximum atomic E-state index is 13.2. The van der Waals surface area contributed by atoms with Crippen molar-refractivity contribution in [3.8, 4) is 5.75 Å². The summed E-state index contributed by atoms with van der Waals surface area (Å²) in [6.45, 7) is 6.92. The summed E-state index contributed by atoms with van der Waals surface area (Å²) in [6.07, 6.45) is 1.64. The van der Waals surface area contributed by atoms with Gasteiger partial charge in [-0.25, -0.2) is 4.79 Å². The Morgan fingerprint density at radius 2 is 1.72 bits per heavy atom. The van der Waals surface area contributed by atoms with Gasteiger partial charge in [0.25, 0.3) is 5.91 Å². The first-order valence-corrected chi connectivity index (χ1v) is 12.6. The van der Waals surface area contributed by atoms with Gasteiger partial charge >= 0.3 is 17.9 Å². The van der Waals surface area contributed by atoms with Crippen molar-refractivity contribution in [1.29, 1.82) is 0 Å². The van der Waals surface area contributed by atoms with E-state index >= 15 is 0 Å². The zero-order chi connectivity index (χ0) is 26.8. The molecule has 1 fully saturated rings. The van der Waals surface area contributed by atoms with E-state index in [9.17, 15) is 24.3 Å². The first-order valence-electron chi connectivity index (χ1n) is 12.6. The van der Waals surface area contributed by atoms with Crippen molar-refractivity contribution in [2.45, 2.75) is 97.0 Å². The van der Waals surface area contributed by atoms with Crippen LogP contribution in [0.1, 0.15) is 83.0 Å². The normalized spacial score (nSPS) is 24.5. The summed E-state index contributed by atoms with van der Waals surface area (Å²) < 4.78 is 16.8. The number of ether oxygens (including phenoxy) is 3. The third-order valence-electron chi connectivity index (χ3n) is 6.18. The molecular weight excluding hydrogens is 468 g/mol. The molecule has 0 aliphatic carbocycles. The predicted molar refractivity (Wildman–Crippen MR) is 132 cm³/mol. The number of phenolic OH excluding ortho intramolecular Hbond substituents is 1. The molecule has 0 aromatic heterocycles. The van der Waals surface area contributed by atoms with E-state index in [2.05, 4.69) is 12.2 Å². The van der Waals surface area contributed by atoms with Crippen LogP contribution in [0.5, 0.6) is 5.75 Å². The minimum absolute atomic E-state index is 0.00422. The van der Waals surface area contributed by atoms with Gasteiger partial charge in [0.1, 0.15) is 12.2 Å². The molecule has 10 heteroatoms. The van der Waals surface area contributed by atoms with Gasteiger partial charge in [0.2, 0.25) is 0 Å². The molecular formula is C26H38N2O8. The van der Waals surface area contributed by atoms with E-state index in [1.165, 1.54) is 25.1 Å². The topological polar surface area (TPSA) is 154 Å². The van der Waals surface area contributed by atoms with Gasteiger partial charge in [-0.2, -0.15) is 0 Å². The maximum absolute atomic E-state index is 13.2. The molecule has 1 saturated heterocycles. The van der Waals surface area contributed by atoms with Crippen LogP contribution in [0.4, 0.5) is 5.69 Å². The predicted octanol–water partition coefficient (Wildman–Crippen LogP) is 3.25. The van der Waals surface area contributed by atoms with E-state index in [-0.39, 0.29) is 17.7 Å². The molecule has 1 heterocycles. The lowest BCUT2D eigenvalue weighted by molar-refractivity contribution is -0.175. The number of benzene rings is 1. The third-order valence-corrected chi connectivity index (χ3v) is 6.18. The molecule has 1 aromatic rings. The number of nitrogens with one attached hydrogen (secondary N) is 1. The van der Waals surface area contributed by atoms with Crippen molar-refractivity contribution in [2.75, 3.05) is 5.73 Å². The Balaban J connectivity index is 2.31. The van der Waals surface area contributed by atoms with E-state index in [4.69, 9.17) is 19.9 Å². The van der Waals surface area contributed by atoms with Crippen LogP contribution in [0.15, 0.2) is 18.2 Å². The van der Waals surface area contributed by atoms with Crippen molar-refractivity contribution in [2.24, 2.45) is 5.92 Å². The Kier molecular flexibility index (Phi) is 11.0. The van der Waals surface area contributed by atoms with Crippen LogP contribution < -0.4 is 11.1 Å². The van der Waals surface area contributed by atoms with Crippen LogP contribution >= 0.6 is 0 Å². The van der Waals surface area contributed by atoms with Gasteiger partial charge in [-0.15, -0.1) is 0 Å². The number of cyclic esters (lactones) is 2. The third kappa shape index (κ3) is 7.60. The Bertz CT molecular complexity index is 935. The molecule has 10 nitrogen and oxygen atoms in total. The van der Waals surface area contributed by atoms with Crippen LogP contribution in [0.25, 0.3) is 0 Å². The molecule has 1 aromatic carbocycles. The zero-order valence-electron chi connectivity index (χ0n) is 21.5. The molecule has 0 spiro atoms. The fourth-order valence-corrected chi connectivity index (χ4v) is 4.12. The fourth-order valence-electron chi connectivity index (χ4n) is 4.12. The number of carbonyl (C=O) groups is 4. The summed E-state index contributed by atoms with van der Waals surface area (Å²) in [7, 11) is 0. The molecule has 2 rings (SSSR count). The molecule has 0 saturated carbocycles. The van der Waals surface area contributed by atoms with Gasteiger partial charge in [-0.05, 0) is 38.8 Å². The Labute approximate surface area is 211 Å². The maximum Gasteiger partial charge on any atom is 0.332 e. The lowest BCUT2D eigenvalue weighted by Gasteiger charge is -2.29. The van der Waals surface area contributed by atoms with E-state index in [0.29, 0.717) is 19.3 Å². The summed E-state index contributed by atoms with van der Waals surface area (Å²) in [6, 6.07) is 2.88. The summed E-state index contributed by atoms with van der Waals surface area (Å²) in [4.78, 5) is 51.5. The number of nitrogens with two attached hydrogens (primary N) is 1. The van der Waals surface area contributed by atoms with Crippen molar-refractivity contribution < 1.29 is 38.5 Å². The van der Waals surface area contributed by atoms with Crippen LogP contribution in [0, 0.1) is 5.92 Å². The molecule has 36 heavy (non-hydrogen) atoms. The molecule has 1 aliphatic rings. The van der Waals surface area contributed by atoms with Gasteiger partial charge in [0.15, 0.2) is 17.9 Å². The molecule has 5 atom stereocenters. The standard InChI is InChI=1S/C26H38N2O8/c1-5-7-8-9-12-18-23(36-20(29)11-6-2)16(4)35-26(33)21(15(3)34-25(18)32)28-24(31)17-13-10-14-19(27)22(17)30/h10,13-16,18,21,23,30H,5-9,11-12,27H2,1-4H3,(H,28,31)/t15-,16+,18-,21+,23+/m1/s1. The minimum atomic E-state index is -1.37. The lowest BCUT2D eigenvalue weighted by atomic mass is 9.92. The second-order valence-electron chi connectivity index (χ2n) is 9.14. The van der Waals surface area contributed by atoms with E-state index < -0.39 is 59.8 Å². The second kappa shape index (κ2) is 13.7. The number of anilines is 1. The highest BCUT2D eigenvalue weighted by molar-refractivity contribution is 6.00. The van der Waals surface area contributed by atoms with Crippen LogP contribution in [-0.2, 0) is 28.6 Å². The SMILES string of the molecule is CCCCCC[C@H]1C(=O)O[C@H](C)[C@H](NC(=O)c2cccc(N)c2O)C(=O)O[C@@H](C)[C@@H]1OC(=O)CCC. The number of carbonyl (C=O) groups excluding carboxylic acids is 4. The Morgan fingerprint density at radius 3 is 2.39 bits per heavy atom. The zero-order valence-corrected chi connectivity index (χ0v) is 21.5. The lowest BCUT2D eigenvalue weighted by Crippen LogP contribution is -2.50. The highest BCUT2D eigenvalue weighted by atomic mass is 16.6. The number of para-hydroxylation sites is 1. The van der Waals surface area contributed by atoms with Gasteiger partial charge in [0, 0.05) is 6.42 Å².